The summed E-state index contributed by atoms with van der Waals surface area (Å²) >= 11 is 11.4. The lowest BCUT2D eigenvalue weighted by atomic mass is 10.2. The monoisotopic (exact) mass is 219 g/mol. The van der Waals surface area contributed by atoms with Gasteiger partial charge in [0.25, 0.3) is 5.91 Å². The third kappa shape index (κ3) is 2.12. The predicted molar refractivity (Wildman–Crippen MR) is 50.3 cm³/mol. The van der Waals surface area contributed by atoms with Crippen LogP contribution in [0.15, 0.2) is 18.2 Å². The van der Waals surface area contributed by atoms with Crippen LogP contribution < -0.4 is 0 Å². The number of hydrogen-bond donors (Lipinski definition) is 1. The normalized spacial score (nSPS) is 9.85. The van der Waals surface area contributed by atoms with Crippen LogP contribution in [0.2, 0.25) is 10.0 Å². The number of carbonyl (C=O) groups is 1. The molecule has 0 aromatic heterocycles. The van der Waals surface area contributed by atoms with Crippen molar-refractivity contribution < 1.29 is 10.0 Å². The van der Waals surface area contributed by atoms with Crippen molar-refractivity contribution in [2.45, 2.75) is 0 Å². The molecule has 0 bridgehead atoms. The Balaban J connectivity index is 3.15. The quantitative estimate of drug-likeness (QED) is 0.583. The van der Waals surface area contributed by atoms with Gasteiger partial charge in [0.1, 0.15) is 0 Å². The SMILES string of the molecule is CN(O)C(=O)c1cccc(Cl)c1Cl. The van der Waals surface area contributed by atoms with E-state index in [0.717, 1.165) is 0 Å². The van der Waals surface area contributed by atoms with Crippen molar-refractivity contribution in [2.24, 2.45) is 0 Å². The Bertz CT molecular complexity index is 339. The second kappa shape index (κ2) is 3.96. The largest absolute Gasteiger partial charge is 0.286 e. The first-order chi connectivity index (χ1) is 6.04. The van der Waals surface area contributed by atoms with Gasteiger partial charge in [-0.1, -0.05) is 29.3 Å². The molecular formula is C8H7Cl2NO2. The van der Waals surface area contributed by atoms with Crippen LogP contribution in [0.4, 0.5) is 0 Å². The van der Waals surface area contributed by atoms with E-state index < -0.39 is 5.91 Å². The fourth-order valence-electron chi connectivity index (χ4n) is 0.843. The van der Waals surface area contributed by atoms with Crippen LogP contribution in [-0.4, -0.2) is 23.2 Å². The van der Waals surface area contributed by atoms with Gasteiger partial charge in [-0.2, -0.15) is 0 Å². The van der Waals surface area contributed by atoms with Crippen LogP contribution in [0.1, 0.15) is 10.4 Å². The van der Waals surface area contributed by atoms with Gasteiger partial charge in [0.05, 0.1) is 15.6 Å². The first kappa shape index (κ1) is 10.3. The number of halogens is 2. The molecule has 0 spiro atoms. The van der Waals surface area contributed by atoms with Gasteiger partial charge in [-0.05, 0) is 12.1 Å². The molecule has 0 radical (unpaired) electrons. The molecule has 1 aromatic rings. The number of rotatable bonds is 1. The Morgan fingerprint density at radius 3 is 2.62 bits per heavy atom. The maximum Gasteiger partial charge on any atom is 0.278 e. The third-order valence-electron chi connectivity index (χ3n) is 1.48. The van der Waals surface area contributed by atoms with Gasteiger partial charge in [0, 0.05) is 7.05 Å². The molecule has 1 aromatic carbocycles. The first-order valence-electron chi connectivity index (χ1n) is 3.45. The Hall–Kier alpha value is -0.770. The predicted octanol–water partition coefficient (Wildman–Crippen LogP) is 2.45. The molecule has 0 fully saturated rings. The molecule has 0 atom stereocenters. The highest BCUT2D eigenvalue weighted by Gasteiger charge is 2.14. The molecule has 0 saturated carbocycles. The zero-order valence-electron chi connectivity index (χ0n) is 6.79. The highest BCUT2D eigenvalue weighted by atomic mass is 35.5. The van der Waals surface area contributed by atoms with Crippen molar-refractivity contribution in [1.82, 2.24) is 5.06 Å². The number of hydroxylamine groups is 2. The molecule has 0 aliphatic rings. The number of nitrogens with zero attached hydrogens (tertiary/aromatic N) is 1. The van der Waals surface area contributed by atoms with Crippen molar-refractivity contribution in [3.05, 3.63) is 33.8 Å². The lowest BCUT2D eigenvalue weighted by Crippen LogP contribution is -2.22. The zero-order chi connectivity index (χ0) is 10.0. The molecular weight excluding hydrogens is 213 g/mol. The van der Waals surface area contributed by atoms with Gasteiger partial charge in [0.15, 0.2) is 0 Å². The molecule has 5 heteroatoms. The molecule has 0 unspecified atom stereocenters. The lowest BCUT2D eigenvalue weighted by molar-refractivity contribution is -0.0374. The molecule has 13 heavy (non-hydrogen) atoms. The van der Waals surface area contributed by atoms with Gasteiger partial charge in [0.2, 0.25) is 0 Å². The van der Waals surface area contributed by atoms with E-state index in [4.69, 9.17) is 28.4 Å². The van der Waals surface area contributed by atoms with E-state index in [2.05, 4.69) is 0 Å². The average Bonchev–Trinajstić information content (AvgIpc) is 2.08. The minimum Gasteiger partial charge on any atom is -0.286 e. The number of hydrogen-bond acceptors (Lipinski definition) is 2. The van der Waals surface area contributed by atoms with E-state index in [9.17, 15) is 4.79 Å². The molecule has 70 valence electrons. The second-order valence-electron chi connectivity index (χ2n) is 2.43. The summed E-state index contributed by atoms with van der Waals surface area (Å²) in [4.78, 5) is 11.3. The van der Waals surface area contributed by atoms with Crippen molar-refractivity contribution in [2.75, 3.05) is 7.05 Å². The lowest BCUT2D eigenvalue weighted by Gasteiger charge is -2.09. The van der Waals surface area contributed by atoms with Crippen LogP contribution in [0, 0.1) is 0 Å². The van der Waals surface area contributed by atoms with Crippen molar-refractivity contribution in [1.29, 1.82) is 0 Å². The summed E-state index contributed by atoms with van der Waals surface area (Å²) in [6.07, 6.45) is 0. The molecule has 0 saturated heterocycles. The van der Waals surface area contributed by atoms with E-state index in [1.54, 1.807) is 12.1 Å². The van der Waals surface area contributed by atoms with Gasteiger partial charge < -0.3 is 0 Å². The van der Waals surface area contributed by atoms with E-state index in [1.807, 2.05) is 0 Å². The van der Waals surface area contributed by atoms with Gasteiger partial charge in [-0.15, -0.1) is 0 Å². The summed E-state index contributed by atoms with van der Waals surface area (Å²) in [5.41, 5.74) is 0.180. The maximum atomic E-state index is 11.3. The summed E-state index contributed by atoms with van der Waals surface area (Å²) in [5.74, 6) is -0.590. The van der Waals surface area contributed by atoms with Crippen LogP contribution in [-0.2, 0) is 0 Å². The Morgan fingerprint density at radius 2 is 2.08 bits per heavy atom. The summed E-state index contributed by atoms with van der Waals surface area (Å²) in [5, 5.41) is 9.76. The third-order valence-corrected chi connectivity index (χ3v) is 2.29. The topological polar surface area (TPSA) is 40.5 Å². The van der Waals surface area contributed by atoms with Crippen molar-refractivity contribution in [3.8, 4) is 0 Å². The number of amides is 1. The highest BCUT2D eigenvalue weighted by molar-refractivity contribution is 6.43. The minimum atomic E-state index is -0.590. The summed E-state index contributed by atoms with van der Waals surface area (Å²) < 4.78 is 0. The highest BCUT2D eigenvalue weighted by Crippen LogP contribution is 2.25. The zero-order valence-corrected chi connectivity index (χ0v) is 8.30. The van der Waals surface area contributed by atoms with E-state index in [0.29, 0.717) is 5.06 Å². The van der Waals surface area contributed by atoms with Crippen LogP contribution in [0.5, 0.6) is 0 Å². The van der Waals surface area contributed by atoms with Gasteiger partial charge in [-0.3, -0.25) is 10.0 Å². The Morgan fingerprint density at radius 1 is 1.46 bits per heavy atom. The molecule has 0 heterocycles. The second-order valence-corrected chi connectivity index (χ2v) is 3.22. The summed E-state index contributed by atoms with van der Waals surface area (Å²) in [7, 11) is 1.22. The van der Waals surface area contributed by atoms with Gasteiger partial charge >= 0.3 is 0 Å². The summed E-state index contributed by atoms with van der Waals surface area (Å²) in [6, 6.07) is 4.65. The average molecular weight is 220 g/mol. The minimum absolute atomic E-state index is 0.148. The van der Waals surface area contributed by atoms with Crippen molar-refractivity contribution in [3.63, 3.8) is 0 Å². The van der Waals surface area contributed by atoms with Crippen LogP contribution >= 0.6 is 23.2 Å². The van der Waals surface area contributed by atoms with E-state index in [-0.39, 0.29) is 15.6 Å². The molecule has 0 aliphatic heterocycles. The fourth-order valence-corrected chi connectivity index (χ4v) is 1.22. The standard InChI is InChI=1S/C8H7Cl2NO2/c1-11(13)8(12)5-3-2-4-6(9)7(5)10/h2-4,13H,1H3. The van der Waals surface area contributed by atoms with E-state index >= 15 is 0 Å². The van der Waals surface area contributed by atoms with Gasteiger partial charge in [-0.25, -0.2) is 5.06 Å². The molecule has 1 N–H and O–H groups in total. The Labute approximate surface area is 85.4 Å². The Kier molecular flexibility index (Phi) is 3.14. The summed E-state index contributed by atoms with van der Waals surface area (Å²) in [6.45, 7) is 0. The first-order valence-corrected chi connectivity index (χ1v) is 4.20. The molecule has 0 aliphatic carbocycles. The number of carbonyl (C=O) groups excluding carboxylic acids is 1. The number of benzene rings is 1. The fraction of sp³-hybridized carbons (Fsp3) is 0.125. The molecule has 3 nitrogen and oxygen atoms in total. The molecule has 1 amide bonds. The van der Waals surface area contributed by atoms with Crippen LogP contribution in [0.25, 0.3) is 0 Å². The maximum absolute atomic E-state index is 11.3. The smallest absolute Gasteiger partial charge is 0.278 e. The van der Waals surface area contributed by atoms with E-state index in [1.165, 1.54) is 13.1 Å². The van der Waals surface area contributed by atoms with Crippen LogP contribution in [0.3, 0.4) is 0 Å². The van der Waals surface area contributed by atoms with Crippen molar-refractivity contribution >= 4 is 29.1 Å². The molecule has 1 rings (SSSR count).